The highest BCUT2D eigenvalue weighted by Crippen LogP contribution is 2.37. The first-order chi connectivity index (χ1) is 8.79. The molecular weight excluding hydrogens is 223 g/mol. The first-order valence-corrected chi connectivity index (χ1v) is 8.09. The number of unbranched alkanes of at least 4 members (excludes halogenated alkanes) is 5. The summed E-state index contributed by atoms with van der Waals surface area (Å²) >= 11 is 0. The van der Waals surface area contributed by atoms with E-state index in [-0.39, 0.29) is 0 Å². The SMILES string of the molecule is CCCCCCCC1B(O)OCCC1CCCC. The lowest BCUT2D eigenvalue weighted by molar-refractivity contribution is 0.161. The van der Waals surface area contributed by atoms with E-state index in [1.807, 2.05) is 0 Å². The fraction of sp³-hybridized carbons (Fsp3) is 1.00. The Bertz CT molecular complexity index is 199. The molecule has 0 saturated carbocycles. The molecule has 0 aliphatic carbocycles. The molecule has 0 amide bonds. The molecule has 2 atom stereocenters. The molecule has 1 fully saturated rings. The molecule has 1 aliphatic heterocycles. The summed E-state index contributed by atoms with van der Waals surface area (Å²) in [6.07, 6.45) is 12.7. The standard InChI is InChI=1S/C15H31BO2/c1-3-5-7-8-9-11-15-14(10-6-4-2)12-13-18-16(15)17/h14-15,17H,3-13H2,1-2H3. The topological polar surface area (TPSA) is 29.5 Å². The predicted molar refractivity (Wildman–Crippen MR) is 78.7 cm³/mol. The molecule has 1 aliphatic rings. The Morgan fingerprint density at radius 2 is 1.72 bits per heavy atom. The van der Waals surface area contributed by atoms with Gasteiger partial charge >= 0.3 is 7.12 Å². The maximum Gasteiger partial charge on any atom is 0.457 e. The molecule has 1 rings (SSSR count). The Balaban J connectivity index is 2.26. The summed E-state index contributed by atoms with van der Waals surface area (Å²) in [5.41, 5.74) is 0. The van der Waals surface area contributed by atoms with Gasteiger partial charge in [0.2, 0.25) is 0 Å². The highest BCUT2D eigenvalue weighted by Gasteiger charge is 2.36. The summed E-state index contributed by atoms with van der Waals surface area (Å²) in [5.74, 6) is 1.09. The van der Waals surface area contributed by atoms with E-state index in [4.69, 9.17) is 4.65 Å². The van der Waals surface area contributed by atoms with Crippen molar-refractivity contribution in [1.82, 2.24) is 0 Å². The van der Waals surface area contributed by atoms with E-state index in [0.717, 1.165) is 19.4 Å². The molecule has 106 valence electrons. The van der Waals surface area contributed by atoms with Crippen LogP contribution >= 0.6 is 0 Å². The van der Waals surface area contributed by atoms with Crippen LogP contribution in [-0.2, 0) is 4.65 Å². The van der Waals surface area contributed by atoms with Gasteiger partial charge in [-0.1, -0.05) is 71.6 Å². The molecule has 1 N–H and O–H groups in total. The van der Waals surface area contributed by atoms with Crippen LogP contribution in [0.1, 0.15) is 78.1 Å². The second-order valence-electron chi connectivity index (χ2n) is 5.82. The van der Waals surface area contributed by atoms with Crippen molar-refractivity contribution in [1.29, 1.82) is 0 Å². The van der Waals surface area contributed by atoms with E-state index in [9.17, 15) is 5.02 Å². The first kappa shape index (κ1) is 16.0. The van der Waals surface area contributed by atoms with Crippen molar-refractivity contribution in [2.45, 2.75) is 83.9 Å². The molecule has 0 spiro atoms. The minimum absolute atomic E-state index is 0.395. The normalized spacial score (nSPS) is 24.5. The van der Waals surface area contributed by atoms with Gasteiger partial charge in [0, 0.05) is 6.61 Å². The fourth-order valence-electron chi connectivity index (χ4n) is 3.10. The predicted octanol–water partition coefficient (Wildman–Crippen LogP) is 4.42. The summed E-state index contributed by atoms with van der Waals surface area (Å²) < 4.78 is 5.43. The van der Waals surface area contributed by atoms with Gasteiger partial charge in [0.25, 0.3) is 0 Å². The Labute approximate surface area is 114 Å². The third-order valence-corrected chi connectivity index (χ3v) is 4.32. The molecule has 0 bridgehead atoms. The van der Waals surface area contributed by atoms with E-state index in [0.29, 0.717) is 11.7 Å². The van der Waals surface area contributed by atoms with Crippen molar-refractivity contribution in [2.24, 2.45) is 5.92 Å². The van der Waals surface area contributed by atoms with Crippen LogP contribution < -0.4 is 0 Å². The molecule has 1 saturated heterocycles. The summed E-state index contributed by atoms with van der Waals surface area (Å²) in [7, 11) is -0.494. The maximum atomic E-state index is 10.0. The second kappa shape index (κ2) is 9.86. The van der Waals surface area contributed by atoms with Crippen molar-refractivity contribution >= 4 is 7.12 Å². The van der Waals surface area contributed by atoms with E-state index in [1.165, 1.54) is 51.4 Å². The monoisotopic (exact) mass is 254 g/mol. The molecule has 0 radical (unpaired) electrons. The number of rotatable bonds is 9. The Morgan fingerprint density at radius 1 is 1.00 bits per heavy atom. The van der Waals surface area contributed by atoms with Gasteiger partial charge in [0.15, 0.2) is 0 Å². The lowest BCUT2D eigenvalue weighted by Gasteiger charge is -2.33. The van der Waals surface area contributed by atoms with Gasteiger partial charge in [0.1, 0.15) is 0 Å². The van der Waals surface area contributed by atoms with Gasteiger partial charge in [-0.25, -0.2) is 0 Å². The van der Waals surface area contributed by atoms with Crippen LogP contribution in [-0.4, -0.2) is 18.7 Å². The molecule has 2 unspecified atom stereocenters. The molecule has 1 heterocycles. The minimum Gasteiger partial charge on any atom is -0.427 e. The van der Waals surface area contributed by atoms with E-state index in [2.05, 4.69) is 13.8 Å². The van der Waals surface area contributed by atoms with Crippen LogP contribution in [0.15, 0.2) is 0 Å². The van der Waals surface area contributed by atoms with Crippen molar-refractivity contribution in [3.63, 3.8) is 0 Å². The third kappa shape index (κ3) is 5.75. The molecule has 2 nitrogen and oxygen atoms in total. The maximum absolute atomic E-state index is 10.0. The molecule has 0 aromatic heterocycles. The lowest BCUT2D eigenvalue weighted by atomic mass is 9.59. The van der Waals surface area contributed by atoms with Crippen LogP contribution in [0, 0.1) is 5.92 Å². The van der Waals surface area contributed by atoms with Gasteiger partial charge in [0.05, 0.1) is 0 Å². The van der Waals surface area contributed by atoms with Crippen LogP contribution in [0.2, 0.25) is 5.82 Å². The van der Waals surface area contributed by atoms with Crippen molar-refractivity contribution in [3.8, 4) is 0 Å². The average molecular weight is 254 g/mol. The van der Waals surface area contributed by atoms with Crippen LogP contribution in [0.25, 0.3) is 0 Å². The van der Waals surface area contributed by atoms with E-state index < -0.39 is 7.12 Å². The summed E-state index contributed by atoms with van der Waals surface area (Å²) in [4.78, 5) is 0. The van der Waals surface area contributed by atoms with Crippen LogP contribution in [0.5, 0.6) is 0 Å². The van der Waals surface area contributed by atoms with Crippen molar-refractivity contribution < 1.29 is 9.68 Å². The fourth-order valence-corrected chi connectivity index (χ4v) is 3.10. The minimum atomic E-state index is -0.494. The second-order valence-corrected chi connectivity index (χ2v) is 5.82. The Morgan fingerprint density at radius 3 is 2.44 bits per heavy atom. The van der Waals surface area contributed by atoms with Crippen molar-refractivity contribution in [2.75, 3.05) is 6.61 Å². The molecule has 0 aromatic rings. The Kier molecular flexibility index (Phi) is 8.78. The third-order valence-electron chi connectivity index (χ3n) is 4.32. The molecule has 3 heteroatoms. The highest BCUT2D eigenvalue weighted by atomic mass is 16.5. The number of hydrogen-bond acceptors (Lipinski definition) is 2. The van der Waals surface area contributed by atoms with Gasteiger partial charge < -0.3 is 9.68 Å². The average Bonchev–Trinajstić information content (AvgIpc) is 2.38. The molecule has 18 heavy (non-hydrogen) atoms. The highest BCUT2D eigenvalue weighted by molar-refractivity contribution is 6.45. The van der Waals surface area contributed by atoms with Gasteiger partial charge in [-0.15, -0.1) is 0 Å². The zero-order valence-corrected chi connectivity index (χ0v) is 12.4. The summed E-state index contributed by atoms with van der Waals surface area (Å²) in [6.45, 7) is 5.25. The van der Waals surface area contributed by atoms with Crippen LogP contribution in [0.4, 0.5) is 0 Å². The lowest BCUT2D eigenvalue weighted by Crippen LogP contribution is -2.36. The zero-order chi connectivity index (χ0) is 13.2. The quantitative estimate of drug-likeness (QED) is 0.487. The first-order valence-electron chi connectivity index (χ1n) is 8.09. The van der Waals surface area contributed by atoms with E-state index in [1.54, 1.807) is 0 Å². The number of hydrogen-bond donors (Lipinski definition) is 1. The largest absolute Gasteiger partial charge is 0.457 e. The smallest absolute Gasteiger partial charge is 0.427 e. The van der Waals surface area contributed by atoms with Gasteiger partial charge in [-0.3, -0.25) is 0 Å². The Hall–Kier alpha value is -0.0151. The van der Waals surface area contributed by atoms with E-state index >= 15 is 0 Å². The summed E-state index contributed by atoms with van der Waals surface area (Å²) in [5, 5.41) is 10.0. The molecule has 0 aromatic carbocycles. The van der Waals surface area contributed by atoms with Gasteiger partial charge in [-0.2, -0.15) is 0 Å². The summed E-state index contributed by atoms with van der Waals surface area (Å²) in [6, 6.07) is 0. The van der Waals surface area contributed by atoms with Gasteiger partial charge in [-0.05, 0) is 18.2 Å². The van der Waals surface area contributed by atoms with Crippen molar-refractivity contribution in [3.05, 3.63) is 0 Å². The van der Waals surface area contributed by atoms with Crippen LogP contribution in [0.3, 0.4) is 0 Å². The molecular formula is C15H31BO2. The zero-order valence-electron chi connectivity index (χ0n) is 12.4.